The van der Waals surface area contributed by atoms with Gasteiger partial charge in [-0.1, -0.05) is 6.07 Å². The molecule has 0 aliphatic carbocycles. The monoisotopic (exact) mass is 503 g/mol. The average Bonchev–Trinajstić information content (AvgIpc) is 3.32. The highest BCUT2D eigenvalue weighted by atomic mass is 19.2. The van der Waals surface area contributed by atoms with E-state index < -0.39 is 17.2 Å². The van der Waals surface area contributed by atoms with Crippen molar-refractivity contribution < 1.29 is 32.8 Å². The average molecular weight is 504 g/mol. The van der Waals surface area contributed by atoms with Crippen molar-refractivity contribution in [1.29, 1.82) is 0 Å². The second kappa shape index (κ2) is 12.2. The first-order valence-corrected chi connectivity index (χ1v) is 11.8. The normalized spacial score (nSPS) is 18.6. The molecule has 1 N–H and O–H groups in total. The van der Waals surface area contributed by atoms with Crippen molar-refractivity contribution in [3.05, 3.63) is 72.3 Å². The molecule has 0 spiro atoms. The lowest BCUT2D eigenvalue weighted by Gasteiger charge is -2.30. The number of halogens is 2. The number of aryl methyl sites for hydroxylation is 1. The standard InChI is InChI=1S/C26H31F2N3O5/c1-33-24-6-3-20(13-25(24)35-11-2-8-30-9-7-29-19-30)15-31-10-12-34-17-26(32,16-31)18-36-21-4-5-22(27)23(28)14-21/h3-7,9,13-14,19,32H,2,8,10-12,15-18H2,1H3. The predicted molar refractivity (Wildman–Crippen MR) is 128 cm³/mol. The van der Waals surface area contributed by atoms with E-state index in [1.807, 2.05) is 29.0 Å². The molecular weight excluding hydrogens is 472 g/mol. The second-order valence-electron chi connectivity index (χ2n) is 8.84. The van der Waals surface area contributed by atoms with Crippen molar-refractivity contribution in [3.63, 3.8) is 0 Å². The lowest BCUT2D eigenvalue weighted by molar-refractivity contribution is -0.0647. The quantitative estimate of drug-likeness (QED) is 0.403. The third-order valence-corrected chi connectivity index (χ3v) is 5.85. The Bertz CT molecular complexity index is 1110. The summed E-state index contributed by atoms with van der Waals surface area (Å²) >= 11 is 0. The molecule has 36 heavy (non-hydrogen) atoms. The molecule has 1 aliphatic rings. The molecule has 0 amide bonds. The summed E-state index contributed by atoms with van der Waals surface area (Å²) in [6.45, 7) is 3.17. The Morgan fingerprint density at radius 1 is 1.11 bits per heavy atom. The van der Waals surface area contributed by atoms with Crippen molar-refractivity contribution in [2.45, 2.75) is 25.1 Å². The molecular formula is C26H31F2N3O5. The molecule has 0 bridgehead atoms. The topological polar surface area (TPSA) is 78.2 Å². The Hall–Kier alpha value is -3.21. The van der Waals surface area contributed by atoms with Crippen LogP contribution in [0, 0.1) is 11.6 Å². The molecule has 8 nitrogen and oxygen atoms in total. The number of hydrogen-bond donors (Lipinski definition) is 1. The van der Waals surface area contributed by atoms with Crippen molar-refractivity contribution in [1.82, 2.24) is 14.5 Å². The van der Waals surface area contributed by atoms with E-state index in [0.717, 1.165) is 30.7 Å². The highest BCUT2D eigenvalue weighted by Gasteiger charge is 2.33. The fraction of sp³-hybridized carbons (Fsp3) is 0.423. The Balaban J connectivity index is 1.35. The van der Waals surface area contributed by atoms with Gasteiger partial charge in [0.2, 0.25) is 0 Å². The molecule has 1 saturated heterocycles. The third-order valence-electron chi connectivity index (χ3n) is 5.85. The summed E-state index contributed by atoms with van der Waals surface area (Å²) < 4.78 is 51.3. The van der Waals surface area contributed by atoms with E-state index in [1.54, 1.807) is 19.6 Å². The van der Waals surface area contributed by atoms with Gasteiger partial charge < -0.3 is 28.6 Å². The van der Waals surface area contributed by atoms with Gasteiger partial charge in [-0.25, -0.2) is 13.8 Å². The largest absolute Gasteiger partial charge is 0.493 e. The summed E-state index contributed by atoms with van der Waals surface area (Å²) in [7, 11) is 1.60. The number of hydrogen-bond acceptors (Lipinski definition) is 7. The molecule has 2 aromatic carbocycles. The number of imidazole rings is 1. The van der Waals surface area contributed by atoms with E-state index in [0.29, 0.717) is 37.8 Å². The van der Waals surface area contributed by atoms with Crippen LogP contribution in [0.15, 0.2) is 55.1 Å². The van der Waals surface area contributed by atoms with Crippen LogP contribution in [0.25, 0.3) is 0 Å². The van der Waals surface area contributed by atoms with Gasteiger partial charge in [0.25, 0.3) is 0 Å². The van der Waals surface area contributed by atoms with Crippen LogP contribution in [-0.2, 0) is 17.8 Å². The van der Waals surface area contributed by atoms with E-state index in [4.69, 9.17) is 18.9 Å². The number of benzene rings is 2. The first-order valence-electron chi connectivity index (χ1n) is 11.8. The highest BCUT2D eigenvalue weighted by Crippen LogP contribution is 2.29. The van der Waals surface area contributed by atoms with Crippen LogP contribution in [-0.4, -0.2) is 71.8 Å². The summed E-state index contributed by atoms with van der Waals surface area (Å²) in [4.78, 5) is 6.10. The molecule has 3 aromatic rings. The summed E-state index contributed by atoms with van der Waals surface area (Å²) in [5, 5.41) is 11.1. The van der Waals surface area contributed by atoms with Gasteiger partial charge in [0, 0.05) is 44.6 Å². The molecule has 1 aromatic heterocycles. The number of aliphatic hydroxyl groups is 1. The van der Waals surface area contributed by atoms with Gasteiger partial charge in [0.15, 0.2) is 23.1 Å². The Morgan fingerprint density at radius 2 is 2.00 bits per heavy atom. The number of nitrogens with zero attached hydrogens (tertiary/aromatic N) is 3. The maximum atomic E-state index is 13.5. The molecule has 0 saturated carbocycles. The zero-order valence-electron chi connectivity index (χ0n) is 20.2. The van der Waals surface area contributed by atoms with E-state index in [2.05, 4.69) is 9.88 Å². The van der Waals surface area contributed by atoms with E-state index >= 15 is 0 Å². The molecule has 4 rings (SSSR count). The molecule has 10 heteroatoms. The first kappa shape index (κ1) is 25.9. The van der Waals surface area contributed by atoms with Crippen molar-refractivity contribution in [2.75, 3.05) is 46.6 Å². The third kappa shape index (κ3) is 7.16. The summed E-state index contributed by atoms with van der Waals surface area (Å²) in [5.74, 6) is -0.507. The molecule has 1 aliphatic heterocycles. The lowest BCUT2D eigenvalue weighted by atomic mass is 10.1. The zero-order valence-corrected chi connectivity index (χ0v) is 20.2. The van der Waals surface area contributed by atoms with Crippen LogP contribution in [0.4, 0.5) is 8.78 Å². The SMILES string of the molecule is COc1ccc(CN2CCOCC(O)(COc3ccc(F)c(F)c3)C2)cc1OCCCn1ccnc1. The number of ether oxygens (including phenoxy) is 4. The Morgan fingerprint density at radius 3 is 2.78 bits per heavy atom. The fourth-order valence-corrected chi connectivity index (χ4v) is 4.04. The number of aromatic nitrogens is 2. The molecule has 1 unspecified atom stereocenters. The summed E-state index contributed by atoms with van der Waals surface area (Å²) in [6.07, 6.45) is 6.25. The minimum atomic E-state index is -1.32. The van der Waals surface area contributed by atoms with E-state index in [1.165, 1.54) is 6.07 Å². The minimum Gasteiger partial charge on any atom is -0.493 e. The molecule has 1 fully saturated rings. The van der Waals surface area contributed by atoms with E-state index in [-0.39, 0.29) is 25.5 Å². The molecule has 1 atom stereocenters. The minimum absolute atomic E-state index is 0.0705. The first-order chi connectivity index (χ1) is 17.4. The maximum Gasteiger partial charge on any atom is 0.162 e. The van der Waals surface area contributed by atoms with Gasteiger partial charge in [0.05, 0.1) is 33.3 Å². The lowest BCUT2D eigenvalue weighted by Crippen LogP contribution is -2.48. The molecule has 0 radical (unpaired) electrons. The van der Waals surface area contributed by atoms with Crippen molar-refractivity contribution in [3.8, 4) is 17.2 Å². The maximum absolute atomic E-state index is 13.5. The number of β-amino-alcohol motifs (C(OH)–C–C–N with tert-alkyl or cyclic N) is 1. The van der Waals surface area contributed by atoms with Gasteiger partial charge in [-0.2, -0.15) is 0 Å². The second-order valence-corrected chi connectivity index (χ2v) is 8.84. The summed E-state index contributed by atoms with van der Waals surface area (Å²) in [6, 6.07) is 9.05. The summed E-state index contributed by atoms with van der Waals surface area (Å²) in [5.41, 5.74) is -0.327. The number of rotatable bonds is 11. The van der Waals surface area contributed by atoms with Crippen molar-refractivity contribution in [2.24, 2.45) is 0 Å². The van der Waals surface area contributed by atoms with Crippen LogP contribution < -0.4 is 14.2 Å². The molecule has 2 heterocycles. The van der Waals surface area contributed by atoms with Gasteiger partial charge in [-0.05, 0) is 36.2 Å². The highest BCUT2D eigenvalue weighted by molar-refractivity contribution is 5.43. The van der Waals surface area contributed by atoms with Crippen LogP contribution in [0.5, 0.6) is 17.2 Å². The van der Waals surface area contributed by atoms with E-state index in [9.17, 15) is 13.9 Å². The number of methoxy groups -OCH3 is 1. The van der Waals surface area contributed by atoms with Gasteiger partial charge in [0.1, 0.15) is 18.0 Å². The van der Waals surface area contributed by atoms with Crippen LogP contribution in [0.1, 0.15) is 12.0 Å². The van der Waals surface area contributed by atoms with Gasteiger partial charge >= 0.3 is 0 Å². The van der Waals surface area contributed by atoms with Crippen LogP contribution >= 0.6 is 0 Å². The van der Waals surface area contributed by atoms with Crippen molar-refractivity contribution >= 4 is 0 Å². The van der Waals surface area contributed by atoms with Gasteiger partial charge in [-0.15, -0.1) is 0 Å². The molecule has 194 valence electrons. The zero-order chi connectivity index (χ0) is 25.4. The smallest absolute Gasteiger partial charge is 0.162 e. The van der Waals surface area contributed by atoms with Gasteiger partial charge in [-0.3, -0.25) is 4.90 Å². The Kier molecular flexibility index (Phi) is 8.74. The van der Waals surface area contributed by atoms with Crippen LogP contribution in [0.2, 0.25) is 0 Å². The predicted octanol–water partition coefficient (Wildman–Crippen LogP) is 3.28. The Labute approximate surface area is 209 Å². The fourth-order valence-electron chi connectivity index (χ4n) is 4.04. The van der Waals surface area contributed by atoms with Crippen LogP contribution in [0.3, 0.4) is 0 Å².